The smallest absolute Gasteiger partial charge is 0.259 e. The van der Waals surface area contributed by atoms with Gasteiger partial charge in [-0.1, -0.05) is 18.2 Å². The van der Waals surface area contributed by atoms with Gasteiger partial charge < -0.3 is 14.8 Å². The van der Waals surface area contributed by atoms with E-state index in [-0.39, 0.29) is 19.2 Å². The van der Waals surface area contributed by atoms with Crippen molar-refractivity contribution in [3.8, 4) is 11.5 Å². The third-order valence-electron chi connectivity index (χ3n) is 3.12. The van der Waals surface area contributed by atoms with E-state index in [0.717, 1.165) is 14.8 Å². The summed E-state index contributed by atoms with van der Waals surface area (Å²) < 4.78 is 11.6. The molecule has 1 heterocycles. The molecule has 0 radical (unpaired) electrons. The Hall–Kier alpha value is -2.29. The molecule has 0 aliphatic carbocycles. The third kappa shape index (κ3) is 4.13. The normalized spacial score (nSPS) is 12.4. The van der Waals surface area contributed by atoms with Crippen LogP contribution in [0.5, 0.6) is 11.5 Å². The van der Waals surface area contributed by atoms with Crippen molar-refractivity contribution in [3.63, 3.8) is 0 Å². The van der Waals surface area contributed by atoms with Crippen molar-refractivity contribution in [2.45, 2.75) is 0 Å². The number of fused-ring (bicyclic) bond motifs is 1. The first-order valence-electron chi connectivity index (χ1n) is 6.92. The van der Waals surface area contributed by atoms with Crippen LogP contribution in [0.3, 0.4) is 0 Å². The van der Waals surface area contributed by atoms with E-state index in [1.807, 2.05) is 30.3 Å². The molecule has 118 valence electrons. The van der Waals surface area contributed by atoms with Crippen LogP contribution in [0.2, 0.25) is 0 Å². The standard InChI is InChI=1S/C16H14IN3O3/c17-13-4-2-1-3-11(13)8-19-20-16(21)9-18-12-5-6-14-15(7-12)23-10-22-14/h1-8,18H,9-10H2,(H,20,21)/b19-8-. The quantitative estimate of drug-likeness (QED) is 0.441. The number of carbonyl (C=O) groups excluding carboxylic acids is 1. The Bertz CT molecular complexity index is 749. The molecule has 0 saturated heterocycles. The molecular formula is C16H14IN3O3. The van der Waals surface area contributed by atoms with Crippen LogP contribution in [-0.4, -0.2) is 25.5 Å². The van der Waals surface area contributed by atoms with E-state index in [4.69, 9.17) is 9.47 Å². The van der Waals surface area contributed by atoms with E-state index in [0.29, 0.717) is 11.5 Å². The molecule has 2 aromatic carbocycles. The zero-order valence-corrected chi connectivity index (χ0v) is 14.2. The first kappa shape index (κ1) is 15.6. The molecule has 0 spiro atoms. The highest BCUT2D eigenvalue weighted by Crippen LogP contribution is 2.34. The highest BCUT2D eigenvalue weighted by Gasteiger charge is 2.13. The first-order valence-corrected chi connectivity index (χ1v) is 8.00. The lowest BCUT2D eigenvalue weighted by Crippen LogP contribution is -2.25. The van der Waals surface area contributed by atoms with Gasteiger partial charge in [0.2, 0.25) is 6.79 Å². The predicted molar refractivity (Wildman–Crippen MR) is 96.0 cm³/mol. The summed E-state index contributed by atoms with van der Waals surface area (Å²) in [5.74, 6) is 1.15. The Balaban J connectivity index is 1.49. The van der Waals surface area contributed by atoms with Crippen LogP contribution in [0.4, 0.5) is 5.69 Å². The number of hydrogen-bond donors (Lipinski definition) is 2. The Morgan fingerprint density at radius 3 is 2.91 bits per heavy atom. The highest BCUT2D eigenvalue weighted by molar-refractivity contribution is 14.1. The number of hydrogen-bond acceptors (Lipinski definition) is 5. The number of amides is 1. The molecule has 3 rings (SSSR count). The molecule has 0 unspecified atom stereocenters. The fourth-order valence-electron chi connectivity index (χ4n) is 1.98. The summed E-state index contributed by atoms with van der Waals surface area (Å²) in [6.45, 7) is 0.342. The summed E-state index contributed by atoms with van der Waals surface area (Å²) in [6.07, 6.45) is 1.63. The average Bonchev–Trinajstić information content (AvgIpc) is 3.02. The molecule has 0 bridgehead atoms. The molecule has 7 heteroatoms. The van der Waals surface area contributed by atoms with Gasteiger partial charge in [0, 0.05) is 20.9 Å². The number of nitrogens with zero attached hydrogens (tertiary/aromatic N) is 1. The van der Waals surface area contributed by atoms with Gasteiger partial charge in [0.25, 0.3) is 5.91 Å². The SMILES string of the molecule is O=C(CNc1ccc2c(c1)OCO2)N/N=C\c1ccccc1I. The second-order valence-corrected chi connectivity index (χ2v) is 5.90. The number of hydrazone groups is 1. The fraction of sp³-hybridized carbons (Fsp3) is 0.125. The van der Waals surface area contributed by atoms with Crippen LogP contribution in [0.15, 0.2) is 47.6 Å². The van der Waals surface area contributed by atoms with Crippen molar-refractivity contribution in [2.24, 2.45) is 5.10 Å². The largest absolute Gasteiger partial charge is 0.454 e. The Morgan fingerprint density at radius 2 is 2.04 bits per heavy atom. The van der Waals surface area contributed by atoms with Gasteiger partial charge in [-0.3, -0.25) is 4.79 Å². The van der Waals surface area contributed by atoms with Crippen molar-refractivity contribution in [2.75, 3.05) is 18.7 Å². The molecule has 0 fully saturated rings. The number of anilines is 1. The number of ether oxygens (including phenoxy) is 2. The van der Waals surface area contributed by atoms with Crippen molar-refractivity contribution >= 4 is 40.4 Å². The van der Waals surface area contributed by atoms with Gasteiger partial charge in [-0.25, -0.2) is 5.43 Å². The van der Waals surface area contributed by atoms with E-state index in [9.17, 15) is 4.79 Å². The number of carbonyl (C=O) groups is 1. The van der Waals surface area contributed by atoms with E-state index in [2.05, 4.69) is 38.4 Å². The highest BCUT2D eigenvalue weighted by atomic mass is 127. The molecule has 6 nitrogen and oxygen atoms in total. The zero-order valence-electron chi connectivity index (χ0n) is 12.1. The minimum Gasteiger partial charge on any atom is -0.454 e. The third-order valence-corrected chi connectivity index (χ3v) is 4.11. The van der Waals surface area contributed by atoms with Crippen LogP contribution in [0, 0.1) is 3.57 Å². The Morgan fingerprint density at radius 1 is 1.22 bits per heavy atom. The van der Waals surface area contributed by atoms with Gasteiger partial charge in [0.05, 0.1) is 12.8 Å². The van der Waals surface area contributed by atoms with Gasteiger partial charge >= 0.3 is 0 Å². The average molecular weight is 423 g/mol. The Kier molecular flexibility index (Phi) is 4.96. The summed E-state index contributed by atoms with van der Waals surface area (Å²) in [4.78, 5) is 11.8. The van der Waals surface area contributed by atoms with Crippen LogP contribution in [-0.2, 0) is 4.79 Å². The zero-order chi connectivity index (χ0) is 16.1. The minimum atomic E-state index is -0.232. The number of halogens is 1. The summed E-state index contributed by atoms with van der Waals surface area (Å²) in [5, 5.41) is 6.97. The molecular weight excluding hydrogens is 409 g/mol. The number of rotatable bonds is 5. The lowest BCUT2D eigenvalue weighted by molar-refractivity contribution is -0.119. The van der Waals surface area contributed by atoms with Crippen LogP contribution in [0.1, 0.15) is 5.56 Å². The van der Waals surface area contributed by atoms with E-state index in [1.165, 1.54) is 0 Å². The van der Waals surface area contributed by atoms with Gasteiger partial charge in [-0.2, -0.15) is 5.10 Å². The van der Waals surface area contributed by atoms with Crippen LogP contribution < -0.4 is 20.2 Å². The summed E-state index contributed by atoms with van der Waals surface area (Å²) in [7, 11) is 0. The van der Waals surface area contributed by atoms with E-state index < -0.39 is 0 Å². The van der Waals surface area contributed by atoms with Gasteiger partial charge in [0.1, 0.15) is 0 Å². The Labute approximate surface area is 147 Å². The lowest BCUT2D eigenvalue weighted by atomic mass is 10.2. The van der Waals surface area contributed by atoms with Gasteiger partial charge in [0.15, 0.2) is 11.5 Å². The predicted octanol–water partition coefficient (Wildman–Crippen LogP) is 2.58. The molecule has 1 amide bonds. The molecule has 0 aromatic heterocycles. The lowest BCUT2D eigenvalue weighted by Gasteiger charge is -2.06. The van der Waals surface area contributed by atoms with E-state index in [1.54, 1.807) is 18.3 Å². The molecule has 2 aromatic rings. The van der Waals surface area contributed by atoms with E-state index >= 15 is 0 Å². The first-order chi connectivity index (χ1) is 11.2. The van der Waals surface area contributed by atoms with Crippen molar-refractivity contribution in [3.05, 3.63) is 51.6 Å². The van der Waals surface area contributed by atoms with Crippen molar-refractivity contribution in [1.82, 2.24) is 5.43 Å². The van der Waals surface area contributed by atoms with Crippen molar-refractivity contribution < 1.29 is 14.3 Å². The maximum atomic E-state index is 11.8. The summed E-state index contributed by atoms with van der Waals surface area (Å²) in [6, 6.07) is 13.2. The van der Waals surface area contributed by atoms with Crippen molar-refractivity contribution in [1.29, 1.82) is 0 Å². The maximum Gasteiger partial charge on any atom is 0.259 e. The molecule has 0 atom stereocenters. The van der Waals surface area contributed by atoms with Crippen LogP contribution >= 0.6 is 22.6 Å². The van der Waals surface area contributed by atoms with Crippen LogP contribution in [0.25, 0.3) is 0 Å². The molecule has 2 N–H and O–H groups in total. The summed E-state index contributed by atoms with van der Waals surface area (Å²) >= 11 is 2.22. The second kappa shape index (κ2) is 7.32. The van der Waals surface area contributed by atoms with Gasteiger partial charge in [-0.05, 0) is 40.8 Å². The molecule has 0 saturated carbocycles. The number of nitrogens with one attached hydrogen (secondary N) is 2. The minimum absolute atomic E-state index is 0.114. The molecule has 23 heavy (non-hydrogen) atoms. The summed E-state index contributed by atoms with van der Waals surface area (Å²) in [5.41, 5.74) is 4.23. The number of benzene rings is 2. The molecule has 1 aliphatic heterocycles. The maximum absolute atomic E-state index is 11.8. The topological polar surface area (TPSA) is 72.0 Å². The fourth-order valence-corrected chi connectivity index (χ4v) is 2.51. The molecule has 1 aliphatic rings. The van der Waals surface area contributed by atoms with Gasteiger partial charge in [-0.15, -0.1) is 0 Å². The second-order valence-electron chi connectivity index (χ2n) is 4.74. The monoisotopic (exact) mass is 423 g/mol.